The molecule has 0 unspecified atom stereocenters. The highest BCUT2D eigenvalue weighted by Gasteiger charge is 2.31. The first-order valence-electron chi connectivity index (χ1n) is 9.76. The standard InChI is InChI=1S/C19H26N2O6/c22-14(10-11-15(23)24)16-17(25)20(12-6-2-1-3-7-12)19(27)21(18(16)26)13-8-4-5-9-13/h12-13,26H,1-11H2,(H,23,24). The summed E-state index contributed by atoms with van der Waals surface area (Å²) in [5.41, 5.74) is -1.77. The number of carbonyl (C=O) groups is 2. The first-order valence-corrected chi connectivity index (χ1v) is 9.76. The van der Waals surface area contributed by atoms with Crippen molar-refractivity contribution in [3.05, 3.63) is 26.4 Å². The number of aromatic nitrogens is 2. The number of carboxylic acid groups (broad SMARTS) is 1. The van der Waals surface area contributed by atoms with E-state index < -0.39 is 40.9 Å². The van der Waals surface area contributed by atoms with Crippen molar-refractivity contribution >= 4 is 11.8 Å². The van der Waals surface area contributed by atoms with E-state index in [4.69, 9.17) is 5.11 Å². The summed E-state index contributed by atoms with van der Waals surface area (Å²) in [6, 6.07) is -0.517. The highest BCUT2D eigenvalue weighted by Crippen LogP contribution is 2.33. The minimum Gasteiger partial charge on any atom is -0.494 e. The van der Waals surface area contributed by atoms with Gasteiger partial charge in [-0.1, -0.05) is 32.1 Å². The lowest BCUT2D eigenvalue weighted by atomic mass is 9.95. The summed E-state index contributed by atoms with van der Waals surface area (Å²) in [5, 5.41) is 19.5. The van der Waals surface area contributed by atoms with Crippen LogP contribution in [0.2, 0.25) is 0 Å². The van der Waals surface area contributed by atoms with Crippen molar-refractivity contribution in [2.45, 2.75) is 82.7 Å². The van der Waals surface area contributed by atoms with Gasteiger partial charge < -0.3 is 10.2 Å². The molecule has 0 amide bonds. The van der Waals surface area contributed by atoms with Crippen molar-refractivity contribution in [3.8, 4) is 5.88 Å². The highest BCUT2D eigenvalue weighted by atomic mass is 16.4. The van der Waals surface area contributed by atoms with Crippen LogP contribution >= 0.6 is 0 Å². The molecule has 0 saturated heterocycles. The zero-order chi connectivity index (χ0) is 19.6. The summed E-state index contributed by atoms with van der Waals surface area (Å²) in [6.45, 7) is 0. The topological polar surface area (TPSA) is 119 Å². The predicted molar refractivity (Wildman–Crippen MR) is 97.5 cm³/mol. The van der Waals surface area contributed by atoms with Gasteiger partial charge in [-0.3, -0.25) is 23.5 Å². The Kier molecular flexibility index (Phi) is 5.82. The fraction of sp³-hybridized carbons (Fsp3) is 0.684. The van der Waals surface area contributed by atoms with Gasteiger partial charge in [0.1, 0.15) is 5.56 Å². The van der Waals surface area contributed by atoms with Gasteiger partial charge in [0.2, 0.25) is 5.88 Å². The Labute approximate surface area is 156 Å². The van der Waals surface area contributed by atoms with Gasteiger partial charge in [-0.25, -0.2) is 4.79 Å². The molecule has 0 aliphatic heterocycles. The molecule has 148 valence electrons. The van der Waals surface area contributed by atoms with Gasteiger partial charge in [0, 0.05) is 18.5 Å². The number of Topliss-reactive ketones (excluding diaryl/α,β-unsaturated/α-hetero) is 1. The number of carboxylic acids is 1. The fourth-order valence-electron chi connectivity index (χ4n) is 4.37. The molecule has 0 aromatic carbocycles. The molecular formula is C19H26N2O6. The molecule has 1 aromatic rings. The minimum atomic E-state index is -1.15. The minimum absolute atomic E-state index is 0.237. The summed E-state index contributed by atoms with van der Waals surface area (Å²) in [6.07, 6.45) is 6.67. The van der Waals surface area contributed by atoms with Crippen LogP contribution in [-0.2, 0) is 4.79 Å². The molecule has 0 atom stereocenters. The third-order valence-electron chi connectivity index (χ3n) is 5.77. The second kappa shape index (κ2) is 8.10. The Morgan fingerprint density at radius 3 is 1.93 bits per heavy atom. The Morgan fingerprint density at radius 2 is 1.37 bits per heavy atom. The van der Waals surface area contributed by atoms with Crippen molar-refractivity contribution in [2.75, 3.05) is 0 Å². The van der Waals surface area contributed by atoms with Crippen LogP contribution in [0.3, 0.4) is 0 Å². The van der Waals surface area contributed by atoms with Gasteiger partial charge in [0.05, 0.1) is 6.42 Å². The number of hydrogen-bond donors (Lipinski definition) is 2. The van der Waals surface area contributed by atoms with Crippen molar-refractivity contribution in [1.29, 1.82) is 0 Å². The SMILES string of the molecule is O=C(O)CCC(=O)c1c(O)n(C2CCCC2)c(=O)n(C2CCCCC2)c1=O. The number of aliphatic carboxylic acids is 1. The fourth-order valence-corrected chi connectivity index (χ4v) is 4.37. The van der Waals surface area contributed by atoms with Gasteiger partial charge in [-0.05, 0) is 25.7 Å². The van der Waals surface area contributed by atoms with E-state index in [0.29, 0.717) is 25.7 Å². The van der Waals surface area contributed by atoms with E-state index in [1.54, 1.807) is 0 Å². The molecule has 2 fully saturated rings. The summed E-state index contributed by atoms with van der Waals surface area (Å²) >= 11 is 0. The number of rotatable bonds is 6. The smallest absolute Gasteiger partial charge is 0.334 e. The molecule has 1 aromatic heterocycles. The number of carbonyl (C=O) groups excluding carboxylic acids is 1. The molecule has 3 rings (SSSR count). The van der Waals surface area contributed by atoms with Crippen LogP contribution < -0.4 is 11.2 Å². The van der Waals surface area contributed by atoms with Crippen LogP contribution in [0.1, 0.15) is 93.1 Å². The van der Waals surface area contributed by atoms with Crippen LogP contribution in [0.5, 0.6) is 5.88 Å². The molecule has 8 heteroatoms. The zero-order valence-corrected chi connectivity index (χ0v) is 15.4. The van der Waals surface area contributed by atoms with Crippen LogP contribution in [0.4, 0.5) is 0 Å². The Hall–Kier alpha value is -2.38. The molecule has 0 radical (unpaired) electrons. The lowest BCUT2D eigenvalue weighted by molar-refractivity contribution is -0.136. The Bertz CT molecular complexity index is 841. The van der Waals surface area contributed by atoms with Crippen molar-refractivity contribution in [2.24, 2.45) is 0 Å². The maximum atomic E-state index is 13.1. The van der Waals surface area contributed by atoms with Crippen LogP contribution in [-0.4, -0.2) is 31.1 Å². The molecule has 2 aliphatic rings. The lowest BCUT2D eigenvalue weighted by Gasteiger charge is -2.26. The van der Waals surface area contributed by atoms with Crippen molar-refractivity contribution in [1.82, 2.24) is 9.13 Å². The molecular weight excluding hydrogens is 352 g/mol. The molecule has 8 nitrogen and oxygen atoms in total. The van der Waals surface area contributed by atoms with Gasteiger partial charge >= 0.3 is 11.7 Å². The maximum absolute atomic E-state index is 13.1. The van der Waals surface area contributed by atoms with E-state index in [1.165, 1.54) is 4.57 Å². The van der Waals surface area contributed by atoms with E-state index in [2.05, 4.69) is 0 Å². The third kappa shape index (κ3) is 3.84. The lowest BCUT2D eigenvalue weighted by Crippen LogP contribution is -2.45. The van der Waals surface area contributed by atoms with Crippen molar-refractivity contribution < 1.29 is 19.8 Å². The monoisotopic (exact) mass is 378 g/mol. The van der Waals surface area contributed by atoms with E-state index in [0.717, 1.165) is 36.7 Å². The van der Waals surface area contributed by atoms with E-state index >= 15 is 0 Å². The summed E-state index contributed by atoms with van der Waals surface area (Å²) in [5.74, 6) is -2.48. The molecule has 2 aliphatic carbocycles. The first kappa shape index (κ1) is 19.4. The number of nitrogens with zero attached hydrogens (tertiary/aromatic N) is 2. The first-order chi connectivity index (χ1) is 12.9. The van der Waals surface area contributed by atoms with Gasteiger partial charge in [-0.2, -0.15) is 0 Å². The second-order valence-electron chi connectivity index (χ2n) is 7.57. The molecule has 0 spiro atoms. The van der Waals surface area contributed by atoms with Crippen LogP contribution in [0.15, 0.2) is 9.59 Å². The largest absolute Gasteiger partial charge is 0.494 e. The van der Waals surface area contributed by atoms with Crippen LogP contribution in [0, 0.1) is 0 Å². The Balaban J connectivity index is 2.14. The summed E-state index contributed by atoms with van der Waals surface area (Å²) in [7, 11) is 0. The molecule has 0 bridgehead atoms. The number of ketones is 1. The summed E-state index contributed by atoms with van der Waals surface area (Å²) < 4.78 is 2.35. The zero-order valence-electron chi connectivity index (χ0n) is 15.4. The molecule has 1 heterocycles. The predicted octanol–water partition coefficient (Wildman–Crippen LogP) is 2.38. The van der Waals surface area contributed by atoms with E-state index in [1.807, 2.05) is 0 Å². The average molecular weight is 378 g/mol. The quantitative estimate of drug-likeness (QED) is 0.734. The van der Waals surface area contributed by atoms with Crippen LogP contribution in [0.25, 0.3) is 0 Å². The third-order valence-corrected chi connectivity index (χ3v) is 5.77. The normalized spacial score (nSPS) is 18.7. The van der Waals surface area contributed by atoms with E-state index in [-0.39, 0.29) is 18.5 Å². The van der Waals surface area contributed by atoms with Gasteiger partial charge in [0.25, 0.3) is 5.56 Å². The second-order valence-corrected chi connectivity index (χ2v) is 7.57. The van der Waals surface area contributed by atoms with Gasteiger partial charge in [-0.15, -0.1) is 0 Å². The Morgan fingerprint density at radius 1 is 0.852 bits per heavy atom. The summed E-state index contributed by atoms with van der Waals surface area (Å²) in [4.78, 5) is 49.4. The molecule has 27 heavy (non-hydrogen) atoms. The highest BCUT2D eigenvalue weighted by molar-refractivity contribution is 5.99. The van der Waals surface area contributed by atoms with Crippen molar-refractivity contribution in [3.63, 3.8) is 0 Å². The van der Waals surface area contributed by atoms with Gasteiger partial charge in [0.15, 0.2) is 5.78 Å². The number of hydrogen-bond acceptors (Lipinski definition) is 5. The maximum Gasteiger partial charge on any atom is 0.334 e. The number of aromatic hydroxyl groups is 1. The molecule has 2 N–H and O–H groups in total. The average Bonchev–Trinajstić information content (AvgIpc) is 3.15. The molecule has 2 saturated carbocycles. The van der Waals surface area contributed by atoms with E-state index in [9.17, 15) is 24.3 Å².